The van der Waals surface area contributed by atoms with Crippen LogP contribution in [0.1, 0.15) is 25.2 Å². The number of nitrogens with zero attached hydrogens (tertiary/aromatic N) is 3. The molecule has 3 rings (SSSR count). The van der Waals surface area contributed by atoms with Crippen LogP contribution in [0.15, 0.2) is 12.3 Å². The van der Waals surface area contributed by atoms with E-state index < -0.39 is 0 Å². The second-order valence-electron chi connectivity index (χ2n) is 5.58. The van der Waals surface area contributed by atoms with Crippen LogP contribution in [0.25, 0.3) is 5.65 Å². The summed E-state index contributed by atoms with van der Waals surface area (Å²) in [7, 11) is 0. The third kappa shape index (κ3) is 2.47. The quantitative estimate of drug-likeness (QED) is 0.843. The van der Waals surface area contributed by atoms with Gasteiger partial charge in [0.2, 0.25) is 0 Å². The standard InChI is InChI=1S/C14H17Cl2N3/c1-9(2)6-18-4-3-12-13(8-18)19-7-10(15)5-11(16)14(19)17-12/h5,7,9H,3-4,6,8H2,1-2H3. The van der Waals surface area contributed by atoms with Gasteiger partial charge in [0.15, 0.2) is 5.65 Å². The van der Waals surface area contributed by atoms with Crippen molar-refractivity contribution in [2.75, 3.05) is 13.1 Å². The van der Waals surface area contributed by atoms with Crippen LogP contribution in [-0.4, -0.2) is 27.4 Å². The highest BCUT2D eigenvalue weighted by Crippen LogP contribution is 2.27. The molecule has 0 radical (unpaired) electrons. The highest BCUT2D eigenvalue weighted by atomic mass is 35.5. The zero-order valence-electron chi connectivity index (χ0n) is 11.2. The van der Waals surface area contributed by atoms with E-state index in [-0.39, 0.29) is 0 Å². The van der Waals surface area contributed by atoms with Gasteiger partial charge < -0.3 is 0 Å². The molecule has 0 aliphatic carbocycles. The third-order valence-corrected chi connectivity index (χ3v) is 3.97. The molecule has 1 aliphatic rings. The molecule has 19 heavy (non-hydrogen) atoms. The van der Waals surface area contributed by atoms with Gasteiger partial charge in [0.1, 0.15) is 0 Å². The Morgan fingerprint density at radius 1 is 1.37 bits per heavy atom. The minimum atomic E-state index is 0.623. The maximum Gasteiger partial charge on any atom is 0.156 e. The summed E-state index contributed by atoms with van der Waals surface area (Å²) in [4.78, 5) is 7.12. The zero-order valence-corrected chi connectivity index (χ0v) is 12.7. The first-order valence-electron chi connectivity index (χ1n) is 6.62. The fourth-order valence-corrected chi connectivity index (χ4v) is 3.27. The number of rotatable bonds is 2. The molecule has 0 unspecified atom stereocenters. The SMILES string of the molecule is CC(C)CN1CCc2nc3c(Cl)cc(Cl)cn3c2C1. The zero-order chi connectivity index (χ0) is 13.6. The fourth-order valence-electron chi connectivity index (χ4n) is 2.76. The fraction of sp³-hybridized carbons (Fsp3) is 0.500. The molecule has 0 spiro atoms. The molecule has 0 saturated heterocycles. The molecule has 2 aromatic rings. The van der Waals surface area contributed by atoms with Crippen LogP contribution in [0, 0.1) is 5.92 Å². The summed E-state index contributed by atoms with van der Waals surface area (Å²) in [6, 6.07) is 1.75. The summed E-state index contributed by atoms with van der Waals surface area (Å²) >= 11 is 12.3. The number of pyridine rings is 1. The van der Waals surface area contributed by atoms with Crippen LogP contribution in [0.5, 0.6) is 0 Å². The van der Waals surface area contributed by atoms with Gasteiger partial charge >= 0.3 is 0 Å². The lowest BCUT2D eigenvalue weighted by Gasteiger charge is -2.27. The van der Waals surface area contributed by atoms with Gasteiger partial charge in [-0.2, -0.15) is 0 Å². The molecule has 0 N–H and O–H groups in total. The Kier molecular flexibility index (Phi) is 3.46. The van der Waals surface area contributed by atoms with Crippen molar-refractivity contribution in [3.63, 3.8) is 0 Å². The molecule has 0 saturated carbocycles. The van der Waals surface area contributed by atoms with Crippen LogP contribution in [0.4, 0.5) is 0 Å². The van der Waals surface area contributed by atoms with Crippen LogP contribution in [0.3, 0.4) is 0 Å². The summed E-state index contributed by atoms with van der Waals surface area (Å²) in [5.41, 5.74) is 3.21. The number of halogens is 2. The van der Waals surface area contributed by atoms with E-state index in [1.165, 1.54) is 5.69 Å². The van der Waals surface area contributed by atoms with E-state index in [2.05, 4.69) is 23.7 Å². The van der Waals surface area contributed by atoms with Gasteiger partial charge in [0.25, 0.3) is 0 Å². The lowest BCUT2D eigenvalue weighted by atomic mass is 10.1. The van der Waals surface area contributed by atoms with E-state index in [1.54, 1.807) is 6.07 Å². The van der Waals surface area contributed by atoms with Crippen molar-refractivity contribution in [1.29, 1.82) is 0 Å². The van der Waals surface area contributed by atoms with E-state index in [9.17, 15) is 0 Å². The summed E-state index contributed by atoms with van der Waals surface area (Å²) in [5, 5.41) is 1.27. The van der Waals surface area contributed by atoms with Gasteiger partial charge in [-0.15, -0.1) is 0 Å². The molecule has 102 valence electrons. The Morgan fingerprint density at radius 3 is 2.89 bits per heavy atom. The van der Waals surface area contributed by atoms with Crippen LogP contribution in [0.2, 0.25) is 10.0 Å². The minimum Gasteiger partial charge on any atom is -0.300 e. The van der Waals surface area contributed by atoms with Gasteiger partial charge in [0, 0.05) is 32.3 Å². The predicted molar refractivity (Wildman–Crippen MR) is 79.0 cm³/mol. The monoisotopic (exact) mass is 297 g/mol. The number of hydrogen-bond donors (Lipinski definition) is 0. The average molecular weight is 298 g/mol. The van der Waals surface area contributed by atoms with Gasteiger partial charge in [-0.25, -0.2) is 4.98 Å². The number of aromatic nitrogens is 2. The molecule has 0 bridgehead atoms. The Hall–Kier alpha value is -0.770. The maximum absolute atomic E-state index is 6.22. The van der Waals surface area contributed by atoms with Crippen LogP contribution in [-0.2, 0) is 13.0 Å². The van der Waals surface area contributed by atoms with Crippen molar-refractivity contribution in [2.45, 2.75) is 26.8 Å². The van der Waals surface area contributed by atoms with Crippen LogP contribution < -0.4 is 0 Å². The van der Waals surface area contributed by atoms with E-state index in [0.717, 1.165) is 37.4 Å². The van der Waals surface area contributed by atoms with Crippen molar-refractivity contribution in [3.8, 4) is 0 Å². The van der Waals surface area contributed by atoms with Crippen molar-refractivity contribution in [3.05, 3.63) is 33.7 Å². The summed E-state index contributed by atoms with van der Waals surface area (Å²) in [6.45, 7) is 7.60. The third-order valence-electron chi connectivity index (χ3n) is 3.49. The Labute approximate surface area is 123 Å². The summed E-state index contributed by atoms with van der Waals surface area (Å²) in [6.07, 6.45) is 2.89. The normalized spacial score (nSPS) is 16.3. The molecule has 5 heteroatoms. The van der Waals surface area contributed by atoms with E-state index >= 15 is 0 Å². The first-order chi connectivity index (χ1) is 9.04. The predicted octanol–water partition coefficient (Wildman–Crippen LogP) is 3.66. The number of hydrogen-bond acceptors (Lipinski definition) is 2. The van der Waals surface area contributed by atoms with Gasteiger partial charge in [-0.1, -0.05) is 37.0 Å². The molecule has 0 fully saturated rings. The topological polar surface area (TPSA) is 20.5 Å². The first-order valence-corrected chi connectivity index (χ1v) is 7.37. The summed E-state index contributed by atoms with van der Waals surface area (Å²) < 4.78 is 2.05. The van der Waals surface area contributed by atoms with E-state index in [0.29, 0.717) is 16.0 Å². The molecule has 2 aromatic heterocycles. The highest BCUT2D eigenvalue weighted by Gasteiger charge is 2.22. The average Bonchev–Trinajstić information content (AvgIpc) is 2.67. The first kappa shape index (κ1) is 13.2. The lowest BCUT2D eigenvalue weighted by Crippen LogP contribution is -2.33. The molecule has 0 aromatic carbocycles. The second-order valence-corrected chi connectivity index (χ2v) is 6.43. The number of fused-ring (bicyclic) bond motifs is 3. The molecule has 3 heterocycles. The van der Waals surface area contributed by atoms with E-state index in [1.807, 2.05) is 10.6 Å². The number of imidazole rings is 1. The molecule has 0 amide bonds. The highest BCUT2D eigenvalue weighted by molar-refractivity contribution is 6.36. The van der Waals surface area contributed by atoms with Crippen molar-refractivity contribution in [2.24, 2.45) is 5.92 Å². The van der Waals surface area contributed by atoms with Gasteiger partial charge in [0.05, 0.1) is 21.4 Å². The molecule has 1 aliphatic heterocycles. The van der Waals surface area contributed by atoms with Crippen molar-refractivity contribution in [1.82, 2.24) is 14.3 Å². The summed E-state index contributed by atoms with van der Waals surface area (Å²) in [5.74, 6) is 0.674. The smallest absolute Gasteiger partial charge is 0.156 e. The minimum absolute atomic E-state index is 0.623. The van der Waals surface area contributed by atoms with Crippen molar-refractivity contribution >= 4 is 28.8 Å². The Bertz CT molecular complexity index is 619. The Balaban J connectivity index is 2.03. The Morgan fingerprint density at radius 2 is 2.16 bits per heavy atom. The lowest BCUT2D eigenvalue weighted by molar-refractivity contribution is 0.222. The van der Waals surface area contributed by atoms with Crippen molar-refractivity contribution < 1.29 is 0 Å². The van der Waals surface area contributed by atoms with Gasteiger partial charge in [-0.05, 0) is 12.0 Å². The molecular formula is C14H17Cl2N3. The molecule has 0 atom stereocenters. The largest absolute Gasteiger partial charge is 0.300 e. The van der Waals surface area contributed by atoms with E-state index in [4.69, 9.17) is 23.2 Å². The molecular weight excluding hydrogens is 281 g/mol. The second kappa shape index (κ2) is 4.97. The molecule has 3 nitrogen and oxygen atoms in total. The van der Waals surface area contributed by atoms with Gasteiger partial charge in [-0.3, -0.25) is 9.30 Å². The van der Waals surface area contributed by atoms with Crippen LogP contribution >= 0.6 is 23.2 Å². The maximum atomic E-state index is 6.22.